The molecule has 1 atom stereocenters. The number of alkyl halides is 4. The van der Waals surface area contributed by atoms with Crippen LogP contribution < -0.4 is 4.90 Å². The Morgan fingerprint density at radius 1 is 1.15 bits per heavy atom. The number of carbonyl (C=O) groups excluding carboxylic acids is 1. The number of amides is 1. The van der Waals surface area contributed by atoms with Crippen molar-refractivity contribution in [1.82, 2.24) is 19.7 Å². The van der Waals surface area contributed by atoms with Gasteiger partial charge in [-0.15, -0.1) is 10.2 Å². The molecule has 0 saturated carbocycles. The zero-order valence-electron chi connectivity index (χ0n) is 22.5. The van der Waals surface area contributed by atoms with Crippen LogP contribution in [0.15, 0.2) is 42.7 Å². The van der Waals surface area contributed by atoms with Crippen LogP contribution in [0.2, 0.25) is 0 Å². The minimum atomic E-state index is -4.63. The lowest BCUT2D eigenvalue weighted by atomic mass is 9.75. The van der Waals surface area contributed by atoms with Gasteiger partial charge in [0, 0.05) is 43.2 Å². The van der Waals surface area contributed by atoms with Gasteiger partial charge in [-0.2, -0.15) is 13.2 Å². The fourth-order valence-corrected chi connectivity index (χ4v) is 6.20. The molecule has 212 valence electrons. The van der Waals surface area contributed by atoms with Gasteiger partial charge in [-0.05, 0) is 67.3 Å². The number of anilines is 1. The molecule has 2 saturated heterocycles. The van der Waals surface area contributed by atoms with Gasteiger partial charge in [0.15, 0.2) is 0 Å². The zero-order chi connectivity index (χ0) is 28.3. The van der Waals surface area contributed by atoms with Crippen molar-refractivity contribution in [3.05, 3.63) is 76.4 Å². The molecular formula is C29H31F4N5O2. The molecular weight excluding hydrogens is 526 g/mol. The predicted octanol–water partition coefficient (Wildman–Crippen LogP) is 4.83. The molecule has 0 N–H and O–H groups in total. The third-order valence-electron chi connectivity index (χ3n) is 8.37. The van der Waals surface area contributed by atoms with Gasteiger partial charge in [0.2, 0.25) is 0 Å². The standard InChI is InChI=1S/C29H31F4N5O2/c1-27(30)7-4-8-37(15-27)13-19-9-22-23(24(10-19)29(31,32)33)14-38(26(22)39)21-6-3-5-20(11-21)28(16-40-17-28)12-25-35-34-18-36(25)2/h3,5-6,9-11,18H,4,7-8,12-17H2,1-2H3/t27-/m0/s1. The van der Waals surface area contributed by atoms with E-state index in [0.717, 1.165) is 17.5 Å². The molecule has 0 radical (unpaired) electrons. The van der Waals surface area contributed by atoms with Gasteiger partial charge in [0.25, 0.3) is 5.91 Å². The van der Waals surface area contributed by atoms with Crippen LogP contribution in [0.4, 0.5) is 23.2 Å². The summed E-state index contributed by atoms with van der Waals surface area (Å²) in [5, 5.41) is 8.16. The number of benzene rings is 2. The minimum Gasteiger partial charge on any atom is -0.379 e. The topological polar surface area (TPSA) is 63.5 Å². The lowest BCUT2D eigenvalue weighted by Crippen LogP contribution is -2.49. The van der Waals surface area contributed by atoms with Gasteiger partial charge in [-0.1, -0.05) is 12.1 Å². The highest BCUT2D eigenvalue weighted by Gasteiger charge is 2.44. The second kappa shape index (κ2) is 9.66. The summed E-state index contributed by atoms with van der Waals surface area (Å²) in [5.41, 5.74) is -0.705. The summed E-state index contributed by atoms with van der Waals surface area (Å²) >= 11 is 0. The largest absolute Gasteiger partial charge is 0.416 e. The maximum Gasteiger partial charge on any atom is 0.416 e. The molecule has 2 aromatic carbocycles. The van der Waals surface area contributed by atoms with Gasteiger partial charge < -0.3 is 14.2 Å². The normalized spacial score (nSPS) is 22.9. The summed E-state index contributed by atoms with van der Waals surface area (Å²) in [6.45, 7) is 3.18. The molecule has 3 aromatic rings. The van der Waals surface area contributed by atoms with Crippen molar-refractivity contribution in [3.8, 4) is 0 Å². The van der Waals surface area contributed by atoms with Crippen LogP contribution >= 0.6 is 0 Å². The molecule has 0 aliphatic carbocycles. The van der Waals surface area contributed by atoms with E-state index in [1.54, 1.807) is 18.5 Å². The van der Waals surface area contributed by atoms with Crippen LogP contribution in [0.1, 0.15) is 58.2 Å². The lowest BCUT2D eigenvalue weighted by molar-refractivity contribution is -0.138. The fraction of sp³-hybridized carbons (Fsp3) is 0.483. The molecule has 3 aliphatic rings. The van der Waals surface area contributed by atoms with E-state index in [4.69, 9.17) is 4.74 Å². The number of fused-ring (bicyclic) bond motifs is 1. The number of hydrogen-bond donors (Lipinski definition) is 0. The Balaban J connectivity index is 1.31. The summed E-state index contributed by atoms with van der Waals surface area (Å²) in [4.78, 5) is 16.8. The number of nitrogens with zero attached hydrogens (tertiary/aromatic N) is 5. The Labute approximate surface area is 229 Å². The number of likely N-dealkylation sites (tertiary alicyclic amines) is 1. The number of rotatable bonds is 6. The summed E-state index contributed by atoms with van der Waals surface area (Å²) in [5.74, 6) is 0.322. The van der Waals surface area contributed by atoms with Crippen LogP contribution in [-0.4, -0.2) is 57.5 Å². The van der Waals surface area contributed by atoms with Gasteiger partial charge in [0.1, 0.15) is 17.8 Å². The van der Waals surface area contributed by atoms with Crippen LogP contribution in [0.25, 0.3) is 0 Å². The summed E-state index contributed by atoms with van der Waals surface area (Å²) in [7, 11) is 1.87. The van der Waals surface area contributed by atoms with Crippen molar-refractivity contribution >= 4 is 11.6 Å². The van der Waals surface area contributed by atoms with Crippen LogP contribution in [0.5, 0.6) is 0 Å². The number of piperidine rings is 1. The quantitative estimate of drug-likeness (QED) is 0.407. The molecule has 4 heterocycles. The van der Waals surface area contributed by atoms with E-state index in [2.05, 4.69) is 10.2 Å². The Hall–Kier alpha value is -3.31. The van der Waals surface area contributed by atoms with E-state index in [-0.39, 0.29) is 36.2 Å². The van der Waals surface area contributed by atoms with E-state index in [1.807, 2.05) is 34.7 Å². The number of aromatic nitrogens is 3. The molecule has 0 bridgehead atoms. The number of carbonyl (C=O) groups is 1. The van der Waals surface area contributed by atoms with Crippen LogP contribution in [-0.2, 0) is 42.9 Å². The Morgan fingerprint density at radius 3 is 2.60 bits per heavy atom. The fourth-order valence-electron chi connectivity index (χ4n) is 6.20. The Bertz CT molecular complexity index is 1450. The first-order valence-corrected chi connectivity index (χ1v) is 13.4. The van der Waals surface area contributed by atoms with E-state index in [1.165, 1.54) is 11.8 Å². The average Bonchev–Trinajstić information content (AvgIpc) is 3.42. The monoisotopic (exact) mass is 557 g/mol. The van der Waals surface area contributed by atoms with E-state index >= 15 is 0 Å². The van der Waals surface area contributed by atoms with E-state index in [9.17, 15) is 22.4 Å². The highest BCUT2D eigenvalue weighted by molar-refractivity contribution is 6.10. The molecule has 2 fully saturated rings. The molecule has 1 amide bonds. The van der Waals surface area contributed by atoms with E-state index in [0.29, 0.717) is 50.3 Å². The van der Waals surface area contributed by atoms with Gasteiger partial charge in [-0.3, -0.25) is 9.69 Å². The predicted molar refractivity (Wildman–Crippen MR) is 140 cm³/mol. The van der Waals surface area contributed by atoms with E-state index < -0.39 is 23.3 Å². The first kappa shape index (κ1) is 26.9. The lowest BCUT2D eigenvalue weighted by Gasteiger charge is -2.42. The number of hydrogen-bond acceptors (Lipinski definition) is 5. The second-order valence-electron chi connectivity index (χ2n) is 11.6. The summed E-state index contributed by atoms with van der Waals surface area (Å²) in [6, 6.07) is 10.1. The molecule has 0 unspecified atom stereocenters. The molecule has 6 rings (SSSR count). The number of aryl methyl sites for hydroxylation is 1. The molecule has 1 aromatic heterocycles. The van der Waals surface area contributed by atoms with Crippen molar-refractivity contribution in [2.24, 2.45) is 7.05 Å². The highest BCUT2D eigenvalue weighted by Crippen LogP contribution is 2.42. The second-order valence-corrected chi connectivity index (χ2v) is 11.6. The first-order chi connectivity index (χ1) is 18.9. The molecule has 7 nitrogen and oxygen atoms in total. The molecule has 40 heavy (non-hydrogen) atoms. The molecule has 3 aliphatic heterocycles. The van der Waals surface area contributed by atoms with Crippen molar-refractivity contribution in [2.45, 2.75) is 56.5 Å². The third-order valence-corrected chi connectivity index (χ3v) is 8.37. The maximum atomic E-state index is 14.6. The van der Waals surface area contributed by atoms with Crippen molar-refractivity contribution < 1.29 is 27.1 Å². The zero-order valence-corrected chi connectivity index (χ0v) is 22.5. The summed E-state index contributed by atoms with van der Waals surface area (Å²) in [6.07, 6.45) is -1.35. The minimum absolute atomic E-state index is 0.0265. The van der Waals surface area contributed by atoms with Crippen molar-refractivity contribution in [2.75, 3.05) is 31.2 Å². The summed E-state index contributed by atoms with van der Waals surface area (Å²) < 4.78 is 64.7. The number of ether oxygens (including phenoxy) is 1. The van der Waals surface area contributed by atoms with Crippen LogP contribution in [0.3, 0.4) is 0 Å². The first-order valence-electron chi connectivity index (χ1n) is 13.4. The smallest absolute Gasteiger partial charge is 0.379 e. The average molecular weight is 558 g/mol. The molecule has 11 heteroatoms. The van der Waals surface area contributed by atoms with Crippen molar-refractivity contribution in [3.63, 3.8) is 0 Å². The Kier molecular flexibility index (Phi) is 6.49. The number of halogens is 4. The van der Waals surface area contributed by atoms with Gasteiger partial charge in [-0.25, -0.2) is 4.39 Å². The van der Waals surface area contributed by atoms with Crippen molar-refractivity contribution in [1.29, 1.82) is 0 Å². The Morgan fingerprint density at radius 2 is 1.95 bits per heavy atom. The third kappa shape index (κ3) is 4.89. The van der Waals surface area contributed by atoms with Gasteiger partial charge in [0.05, 0.1) is 25.3 Å². The SMILES string of the molecule is Cn1cnnc1CC1(c2cccc(N3Cc4c(cc(CN5CCC[C@](C)(F)C5)cc4C(F)(F)F)C3=O)c2)COC1. The molecule has 0 spiro atoms. The maximum absolute atomic E-state index is 14.6. The van der Waals surface area contributed by atoms with Crippen LogP contribution in [0, 0.1) is 0 Å². The highest BCUT2D eigenvalue weighted by atomic mass is 19.4. The van der Waals surface area contributed by atoms with Gasteiger partial charge >= 0.3 is 6.18 Å².